The van der Waals surface area contributed by atoms with Crippen molar-refractivity contribution in [3.63, 3.8) is 0 Å². The molecule has 1 heterocycles. The number of aromatic carboxylic acids is 1. The van der Waals surface area contributed by atoms with Gasteiger partial charge >= 0.3 is 5.97 Å². The molecular formula is C14H11N3O7. The zero-order valence-electron chi connectivity index (χ0n) is 12.0. The predicted octanol–water partition coefficient (Wildman–Crippen LogP) is 0.522. The minimum atomic E-state index is -1.27. The summed E-state index contributed by atoms with van der Waals surface area (Å²) >= 11 is 0. The second-order valence-electron chi connectivity index (χ2n) is 4.48. The zero-order valence-corrected chi connectivity index (χ0v) is 12.0. The number of anilines is 1. The number of carbonyl (C=O) groups is 2. The third-order valence-corrected chi connectivity index (χ3v) is 2.84. The van der Waals surface area contributed by atoms with Gasteiger partial charge in [0.05, 0.1) is 16.7 Å². The Kier molecular flexibility index (Phi) is 4.90. The lowest BCUT2D eigenvalue weighted by atomic mass is 10.2. The topological polar surface area (TPSA) is 141 Å². The normalized spacial score (nSPS) is 10.0. The third kappa shape index (κ3) is 3.94. The molecule has 0 spiro atoms. The molecule has 10 nitrogen and oxygen atoms in total. The Bertz CT molecular complexity index is 859. The second kappa shape index (κ2) is 7.05. The van der Waals surface area contributed by atoms with E-state index in [0.717, 1.165) is 18.3 Å². The molecule has 2 aromatic rings. The fraction of sp³-hybridized carbons (Fsp3) is 0.0714. The summed E-state index contributed by atoms with van der Waals surface area (Å²) in [6.07, 6.45) is 0.920. The number of amides is 1. The molecule has 0 fully saturated rings. The minimum absolute atomic E-state index is 0.0252. The summed E-state index contributed by atoms with van der Waals surface area (Å²) in [4.78, 5) is 49.3. The van der Waals surface area contributed by atoms with Gasteiger partial charge in [-0.15, -0.1) is 0 Å². The monoisotopic (exact) mass is 333 g/mol. The van der Waals surface area contributed by atoms with Gasteiger partial charge in [-0.25, -0.2) is 4.79 Å². The van der Waals surface area contributed by atoms with Crippen molar-refractivity contribution < 1.29 is 24.5 Å². The van der Waals surface area contributed by atoms with E-state index in [1.807, 2.05) is 0 Å². The van der Waals surface area contributed by atoms with Crippen LogP contribution >= 0.6 is 0 Å². The quantitative estimate of drug-likeness (QED) is 0.580. The van der Waals surface area contributed by atoms with Crippen LogP contribution in [0.2, 0.25) is 0 Å². The van der Waals surface area contributed by atoms with Gasteiger partial charge in [0.25, 0.3) is 17.2 Å². The number of hydrogen-bond acceptors (Lipinski definition) is 6. The highest BCUT2D eigenvalue weighted by molar-refractivity contribution is 5.93. The molecule has 0 aliphatic carbocycles. The van der Waals surface area contributed by atoms with Crippen LogP contribution in [0.25, 0.3) is 0 Å². The van der Waals surface area contributed by atoms with Crippen LogP contribution in [-0.4, -0.2) is 33.2 Å². The van der Waals surface area contributed by atoms with Gasteiger partial charge in [-0.3, -0.25) is 19.7 Å². The maximum absolute atomic E-state index is 11.8. The number of pyridine rings is 1. The summed E-state index contributed by atoms with van der Waals surface area (Å²) in [5.74, 6) is -2.02. The smallest absolute Gasteiger partial charge is 0.337 e. The van der Waals surface area contributed by atoms with Gasteiger partial charge in [0, 0.05) is 12.1 Å². The Balaban J connectivity index is 2.07. The molecule has 0 aliphatic heterocycles. The highest BCUT2D eigenvalue weighted by Gasteiger charge is 2.15. The molecule has 0 aliphatic rings. The molecule has 0 saturated carbocycles. The van der Waals surface area contributed by atoms with Crippen molar-refractivity contribution in [1.29, 1.82) is 0 Å². The number of para-hydroxylation sites is 2. The lowest BCUT2D eigenvalue weighted by molar-refractivity contribution is -0.383. The van der Waals surface area contributed by atoms with Crippen LogP contribution in [0.5, 0.6) is 0 Å². The molecule has 2 rings (SSSR count). The summed E-state index contributed by atoms with van der Waals surface area (Å²) in [6.45, 7) is -0.644. The Morgan fingerprint density at radius 1 is 1.25 bits per heavy atom. The number of carboxylic acids is 1. The van der Waals surface area contributed by atoms with Gasteiger partial charge in [0.15, 0.2) is 6.61 Å². The van der Waals surface area contributed by atoms with E-state index < -0.39 is 29.0 Å². The Labute approximate surface area is 134 Å². The fourth-order valence-electron chi connectivity index (χ4n) is 1.75. The minimum Gasteiger partial charge on any atom is -0.478 e. The molecule has 0 atom stereocenters. The average Bonchev–Trinajstić information content (AvgIpc) is 2.54. The van der Waals surface area contributed by atoms with Crippen LogP contribution in [0.15, 0.2) is 47.4 Å². The first kappa shape index (κ1) is 16.7. The highest BCUT2D eigenvalue weighted by Crippen LogP contribution is 2.22. The summed E-state index contributed by atoms with van der Waals surface area (Å²) in [6, 6.07) is 7.58. The van der Waals surface area contributed by atoms with Crippen molar-refractivity contribution in [2.45, 2.75) is 0 Å². The molecule has 0 saturated heterocycles. The Morgan fingerprint density at radius 3 is 2.62 bits per heavy atom. The van der Waals surface area contributed by atoms with E-state index in [1.165, 1.54) is 24.3 Å². The number of aromatic nitrogens is 1. The number of carboxylic acid groups (broad SMARTS) is 1. The van der Waals surface area contributed by atoms with E-state index in [1.54, 1.807) is 0 Å². The largest absolute Gasteiger partial charge is 0.478 e. The first-order valence-corrected chi connectivity index (χ1v) is 6.51. The van der Waals surface area contributed by atoms with E-state index in [4.69, 9.17) is 9.94 Å². The van der Waals surface area contributed by atoms with Crippen LogP contribution < -0.4 is 15.7 Å². The molecule has 0 unspecified atom stereocenters. The van der Waals surface area contributed by atoms with Gasteiger partial charge in [0.1, 0.15) is 5.69 Å². The highest BCUT2D eigenvalue weighted by atomic mass is 16.7. The van der Waals surface area contributed by atoms with Crippen LogP contribution in [-0.2, 0) is 4.79 Å². The van der Waals surface area contributed by atoms with Crippen LogP contribution in [0.3, 0.4) is 0 Å². The SMILES string of the molecule is O=C(COn1cc(C(=O)O)ccc1=O)Nc1ccccc1[N+](=O)[O-]. The number of nitrogens with one attached hydrogen (secondary N) is 1. The van der Waals surface area contributed by atoms with Crippen molar-refractivity contribution in [3.05, 3.63) is 68.6 Å². The summed E-state index contributed by atoms with van der Waals surface area (Å²) in [5.41, 5.74) is -1.19. The molecular weight excluding hydrogens is 322 g/mol. The molecule has 0 bridgehead atoms. The number of nitrogens with zero attached hydrogens (tertiary/aromatic N) is 2. The van der Waals surface area contributed by atoms with E-state index in [9.17, 15) is 24.5 Å². The molecule has 124 valence electrons. The molecule has 1 aromatic heterocycles. The molecule has 1 aromatic carbocycles. The Hall–Kier alpha value is -3.69. The van der Waals surface area contributed by atoms with Crippen molar-refractivity contribution in [3.8, 4) is 0 Å². The number of benzene rings is 1. The first-order chi connectivity index (χ1) is 11.4. The lowest BCUT2D eigenvalue weighted by Gasteiger charge is -2.09. The molecule has 1 amide bonds. The maximum atomic E-state index is 11.8. The number of hydrogen-bond donors (Lipinski definition) is 2. The number of nitro benzene ring substituents is 1. The van der Waals surface area contributed by atoms with Crippen LogP contribution in [0, 0.1) is 10.1 Å². The second-order valence-corrected chi connectivity index (χ2v) is 4.48. The van der Waals surface area contributed by atoms with E-state index in [-0.39, 0.29) is 16.9 Å². The lowest BCUT2D eigenvalue weighted by Crippen LogP contribution is -2.32. The van der Waals surface area contributed by atoms with Crippen molar-refractivity contribution >= 4 is 23.3 Å². The molecule has 10 heteroatoms. The van der Waals surface area contributed by atoms with Gasteiger partial charge in [-0.05, 0) is 12.1 Å². The number of nitro groups is 1. The summed E-state index contributed by atoms with van der Waals surface area (Å²) in [5, 5.41) is 22.0. The summed E-state index contributed by atoms with van der Waals surface area (Å²) < 4.78 is 0.600. The Morgan fingerprint density at radius 2 is 1.96 bits per heavy atom. The van der Waals surface area contributed by atoms with E-state index >= 15 is 0 Å². The summed E-state index contributed by atoms with van der Waals surface area (Å²) in [7, 11) is 0. The third-order valence-electron chi connectivity index (χ3n) is 2.84. The number of rotatable bonds is 6. The van der Waals surface area contributed by atoms with Gasteiger partial charge < -0.3 is 15.3 Å². The van der Waals surface area contributed by atoms with Crippen molar-refractivity contribution in [1.82, 2.24) is 4.73 Å². The number of carbonyl (C=O) groups excluding carboxylic acids is 1. The molecule has 2 N–H and O–H groups in total. The van der Waals surface area contributed by atoms with Crippen LogP contribution in [0.1, 0.15) is 10.4 Å². The van der Waals surface area contributed by atoms with Gasteiger partial charge in [-0.1, -0.05) is 12.1 Å². The predicted molar refractivity (Wildman–Crippen MR) is 80.8 cm³/mol. The van der Waals surface area contributed by atoms with E-state index in [2.05, 4.69) is 5.32 Å². The van der Waals surface area contributed by atoms with Crippen molar-refractivity contribution in [2.75, 3.05) is 11.9 Å². The average molecular weight is 333 g/mol. The van der Waals surface area contributed by atoms with E-state index in [0.29, 0.717) is 4.73 Å². The molecule has 0 radical (unpaired) electrons. The van der Waals surface area contributed by atoms with Gasteiger partial charge in [0.2, 0.25) is 0 Å². The van der Waals surface area contributed by atoms with Gasteiger partial charge in [-0.2, -0.15) is 4.73 Å². The zero-order chi connectivity index (χ0) is 17.7. The first-order valence-electron chi connectivity index (χ1n) is 6.51. The maximum Gasteiger partial charge on any atom is 0.337 e. The van der Waals surface area contributed by atoms with Crippen molar-refractivity contribution in [2.24, 2.45) is 0 Å². The standard InChI is InChI=1S/C14H11N3O7/c18-12(15-10-3-1-2-4-11(10)17(22)23)8-24-16-7-9(14(20)21)5-6-13(16)19/h1-7H,8H2,(H,15,18)(H,20,21). The fourth-order valence-corrected chi connectivity index (χ4v) is 1.75. The molecule has 24 heavy (non-hydrogen) atoms. The van der Waals surface area contributed by atoms with Crippen LogP contribution in [0.4, 0.5) is 11.4 Å².